The van der Waals surface area contributed by atoms with Crippen molar-refractivity contribution in [2.24, 2.45) is 4.99 Å². The average molecular weight is 405 g/mol. The van der Waals surface area contributed by atoms with E-state index in [-0.39, 0.29) is 11.9 Å². The van der Waals surface area contributed by atoms with Gasteiger partial charge in [-0.25, -0.2) is 4.99 Å². The number of aliphatic imine (C=N–C) groups is 1. The SMILES string of the molecule is CC[C@H]1CSC(=Nc2ccc(OC)cc2)N1C(=O)Cc1cccc2ccccc12. The molecule has 3 aromatic rings. The maximum Gasteiger partial charge on any atom is 0.233 e. The number of carbonyl (C=O) groups is 1. The van der Waals surface area contributed by atoms with Gasteiger partial charge in [-0.2, -0.15) is 0 Å². The van der Waals surface area contributed by atoms with Crippen molar-refractivity contribution in [3.63, 3.8) is 0 Å². The van der Waals surface area contributed by atoms with Crippen molar-refractivity contribution in [1.29, 1.82) is 0 Å². The Balaban J connectivity index is 1.62. The van der Waals surface area contributed by atoms with Crippen molar-refractivity contribution in [3.05, 3.63) is 72.3 Å². The molecule has 0 spiro atoms. The van der Waals surface area contributed by atoms with E-state index in [2.05, 4.69) is 25.1 Å². The van der Waals surface area contributed by atoms with Gasteiger partial charge in [0.2, 0.25) is 5.91 Å². The lowest BCUT2D eigenvalue weighted by Crippen LogP contribution is -2.39. The molecule has 4 nitrogen and oxygen atoms in total. The largest absolute Gasteiger partial charge is 0.497 e. The molecule has 0 bridgehead atoms. The number of hydrogen-bond donors (Lipinski definition) is 0. The van der Waals surface area contributed by atoms with E-state index in [4.69, 9.17) is 9.73 Å². The van der Waals surface area contributed by atoms with Crippen molar-refractivity contribution in [2.75, 3.05) is 12.9 Å². The van der Waals surface area contributed by atoms with E-state index < -0.39 is 0 Å². The summed E-state index contributed by atoms with van der Waals surface area (Å²) in [6, 6.07) is 22.2. The summed E-state index contributed by atoms with van der Waals surface area (Å²) >= 11 is 1.65. The predicted octanol–water partition coefficient (Wildman–Crippen LogP) is 5.43. The molecule has 1 atom stereocenters. The molecule has 1 saturated heterocycles. The summed E-state index contributed by atoms with van der Waals surface area (Å²) in [6.45, 7) is 2.12. The minimum absolute atomic E-state index is 0.102. The van der Waals surface area contributed by atoms with Crippen LogP contribution in [0.1, 0.15) is 18.9 Å². The summed E-state index contributed by atoms with van der Waals surface area (Å²) in [5.74, 6) is 1.78. The van der Waals surface area contributed by atoms with Gasteiger partial charge in [-0.1, -0.05) is 61.2 Å². The number of methoxy groups -OCH3 is 1. The molecule has 0 saturated carbocycles. The Morgan fingerprint density at radius 3 is 2.62 bits per heavy atom. The predicted molar refractivity (Wildman–Crippen MR) is 121 cm³/mol. The van der Waals surface area contributed by atoms with Crippen LogP contribution in [0.3, 0.4) is 0 Å². The molecule has 3 aromatic carbocycles. The summed E-state index contributed by atoms with van der Waals surface area (Å²) in [4.78, 5) is 20.0. The maximum atomic E-state index is 13.3. The number of fused-ring (bicyclic) bond motifs is 1. The molecule has 0 unspecified atom stereocenters. The standard InChI is InChI=1S/C24H24N2O2S/c1-3-20-16-29-24(25-19-11-13-21(28-2)14-12-19)26(20)23(27)15-18-9-6-8-17-7-4-5-10-22(17)18/h4-14,20H,3,15-16H2,1-2H3/t20-/m0/s1. The number of benzene rings is 3. The highest BCUT2D eigenvalue weighted by Crippen LogP contribution is 2.30. The van der Waals surface area contributed by atoms with Crippen molar-refractivity contribution in [1.82, 2.24) is 4.90 Å². The van der Waals surface area contributed by atoms with Crippen molar-refractivity contribution in [2.45, 2.75) is 25.8 Å². The third-order valence-electron chi connectivity index (χ3n) is 5.23. The Labute approximate surface area is 175 Å². The smallest absolute Gasteiger partial charge is 0.233 e. The fourth-order valence-electron chi connectivity index (χ4n) is 3.63. The number of amides is 1. The number of carbonyl (C=O) groups excluding carboxylic acids is 1. The number of rotatable bonds is 5. The van der Waals surface area contributed by atoms with Gasteiger partial charge in [0, 0.05) is 11.8 Å². The zero-order chi connectivity index (χ0) is 20.2. The molecule has 1 aliphatic heterocycles. The Morgan fingerprint density at radius 2 is 1.86 bits per heavy atom. The fraction of sp³-hybridized carbons (Fsp3) is 0.250. The van der Waals surface area contributed by atoms with Gasteiger partial charge in [0.25, 0.3) is 0 Å². The first-order valence-corrected chi connectivity index (χ1v) is 10.8. The second-order valence-corrected chi connectivity index (χ2v) is 8.03. The monoisotopic (exact) mass is 404 g/mol. The van der Waals surface area contributed by atoms with Crippen LogP contribution in [-0.4, -0.2) is 34.9 Å². The Morgan fingerprint density at radius 1 is 1.10 bits per heavy atom. The molecular formula is C24H24N2O2S. The highest BCUT2D eigenvalue weighted by molar-refractivity contribution is 8.14. The zero-order valence-electron chi connectivity index (χ0n) is 16.7. The van der Waals surface area contributed by atoms with Gasteiger partial charge in [-0.05, 0) is 47.0 Å². The molecule has 1 fully saturated rings. The normalized spacial score (nSPS) is 17.8. The lowest BCUT2D eigenvalue weighted by Gasteiger charge is -2.23. The number of amidine groups is 1. The van der Waals surface area contributed by atoms with Crippen LogP contribution in [0.25, 0.3) is 10.8 Å². The third kappa shape index (κ3) is 4.15. The third-order valence-corrected chi connectivity index (χ3v) is 6.33. The van der Waals surface area contributed by atoms with E-state index in [1.54, 1.807) is 18.9 Å². The lowest BCUT2D eigenvalue weighted by atomic mass is 10.0. The molecule has 5 heteroatoms. The van der Waals surface area contributed by atoms with Gasteiger partial charge in [0.1, 0.15) is 5.75 Å². The molecular weight excluding hydrogens is 380 g/mol. The first-order valence-electron chi connectivity index (χ1n) is 9.84. The van der Waals surface area contributed by atoms with Crippen LogP contribution in [0.4, 0.5) is 5.69 Å². The quantitative estimate of drug-likeness (QED) is 0.569. The van der Waals surface area contributed by atoms with E-state index in [9.17, 15) is 4.79 Å². The number of nitrogens with zero attached hydrogens (tertiary/aromatic N) is 2. The van der Waals surface area contributed by atoms with Crippen LogP contribution < -0.4 is 4.74 Å². The second-order valence-electron chi connectivity index (χ2n) is 7.04. The molecule has 1 aliphatic rings. The minimum Gasteiger partial charge on any atom is -0.497 e. The first-order chi connectivity index (χ1) is 14.2. The summed E-state index contributed by atoms with van der Waals surface area (Å²) in [6.07, 6.45) is 1.29. The molecule has 1 amide bonds. The van der Waals surface area contributed by atoms with Crippen molar-refractivity contribution < 1.29 is 9.53 Å². The van der Waals surface area contributed by atoms with Crippen LogP contribution >= 0.6 is 11.8 Å². The van der Waals surface area contributed by atoms with E-state index >= 15 is 0 Å². The molecule has 0 aliphatic carbocycles. The summed E-state index contributed by atoms with van der Waals surface area (Å²) < 4.78 is 5.22. The van der Waals surface area contributed by atoms with Crippen LogP contribution in [0.2, 0.25) is 0 Å². The van der Waals surface area contributed by atoms with E-state index in [0.717, 1.165) is 45.1 Å². The molecule has 0 radical (unpaired) electrons. The summed E-state index contributed by atoms with van der Waals surface area (Å²) in [5.41, 5.74) is 1.89. The van der Waals surface area contributed by atoms with E-state index in [1.807, 2.05) is 53.4 Å². The second kappa shape index (κ2) is 8.70. The van der Waals surface area contributed by atoms with Crippen LogP contribution in [0.15, 0.2) is 71.7 Å². The van der Waals surface area contributed by atoms with E-state index in [1.165, 1.54) is 0 Å². The average Bonchev–Trinajstić information content (AvgIpc) is 3.17. The van der Waals surface area contributed by atoms with Gasteiger partial charge in [-0.3, -0.25) is 9.69 Å². The number of thioether (sulfide) groups is 1. The van der Waals surface area contributed by atoms with Crippen molar-refractivity contribution >= 4 is 39.3 Å². The maximum absolute atomic E-state index is 13.3. The lowest BCUT2D eigenvalue weighted by molar-refractivity contribution is -0.127. The molecule has 4 rings (SSSR count). The highest BCUT2D eigenvalue weighted by atomic mass is 32.2. The summed E-state index contributed by atoms with van der Waals surface area (Å²) in [7, 11) is 1.65. The highest BCUT2D eigenvalue weighted by Gasteiger charge is 2.34. The zero-order valence-corrected chi connectivity index (χ0v) is 17.5. The van der Waals surface area contributed by atoms with Crippen LogP contribution in [-0.2, 0) is 11.2 Å². The summed E-state index contributed by atoms with van der Waals surface area (Å²) in [5, 5.41) is 3.08. The Hall–Kier alpha value is -2.79. The van der Waals surface area contributed by atoms with Crippen LogP contribution in [0, 0.1) is 0 Å². The molecule has 0 aromatic heterocycles. The van der Waals surface area contributed by atoms with Gasteiger partial charge in [0.15, 0.2) is 5.17 Å². The van der Waals surface area contributed by atoms with Gasteiger partial charge < -0.3 is 4.74 Å². The number of hydrogen-bond acceptors (Lipinski definition) is 4. The Kier molecular flexibility index (Phi) is 5.86. The molecule has 0 N–H and O–H groups in total. The van der Waals surface area contributed by atoms with Gasteiger partial charge >= 0.3 is 0 Å². The van der Waals surface area contributed by atoms with Gasteiger partial charge in [0.05, 0.1) is 19.2 Å². The van der Waals surface area contributed by atoms with Crippen LogP contribution in [0.5, 0.6) is 5.75 Å². The molecule has 29 heavy (non-hydrogen) atoms. The fourth-order valence-corrected chi connectivity index (χ4v) is 4.92. The van der Waals surface area contributed by atoms with Crippen molar-refractivity contribution in [3.8, 4) is 5.75 Å². The topological polar surface area (TPSA) is 41.9 Å². The molecule has 148 valence electrons. The van der Waals surface area contributed by atoms with E-state index in [0.29, 0.717) is 6.42 Å². The molecule has 1 heterocycles. The first kappa shape index (κ1) is 19.5. The van der Waals surface area contributed by atoms with Gasteiger partial charge in [-0.15, -0.1) is 0 Å². The number of ether oxygens (including phenoxy) is 1. The Bertz CT molecular complexity index is 1040. The minimum atomic E-state index is 0.102.